The molecule has 0 aliphatic carbocycles. The quantitative estimate of drug-likeness (QED) is 0.210. The average molecular weight is 440 g/mol. The van der Waals surface area contributed by atoms with Crippen molar-refractivity contribution in [2.45, 2.75) is 13.5 Å². The topological polar surface area (TPSA) is 48.5 Å². The number of hydrogen-bond donors (Lipinski definition) is 0. The number of aromatic nitrogens is 3. The van der Waals surface area contributed by atoms with E-state index in [9.17, 15) is 4.79 Å². The van der Waals surface area contributed by atoms with Crippen LogP contribution in [0.1, 0.15) is 21.6 Å². The fraction of sp³-hybridized carbons (Fsp3) is 0.130. The monoisotopic (exact) mass is 439 g/mol. The summed E-state index contributed by atoms with van der Waals surface area (Å²) in [5, 5.41) is 5.32. The molecule has 0 atom stereocenters. The Morgan fingerprint density at radius 3 is 2.67 bits per heavy atom. The number of ketones is 1. The van der Waals surface area contributed by atoms with Crippen molar-refractivity contribution in [1.29, 1.82) is 0 Å². The van der Waals surface area contributed by atoms with Gasteiger partial charge in [0.15, 0.2) is 5.78 Å². The van der Waals surface area contributed by atoms with Crippen LogP contribution < -0.4 is 4.74 Å². The van der Waals surface area contributed by atoms with Crippen molar-refractivity contribution in [3.63, 3.8) is 0 Å². The van der Waals surface area contributed by atoms with Crippen molar-refractivity contribution >= 4 is 51.7 Å². The van der Waals surface area contributed by atoms with Gasteiger partial charge in [-0.3, -0.25) is 4.79 Å². The first-order chi connectivity index (χ1) is 14.5. The normalized spacial score (nSPS) is 11.6. The molecule has 0 fully saturated rings. The zero-order valence-corrected chi connectivity index (χ0v) is 18.0. The van der Waals surface area contributed by atoms with E-state index in [2.05, 4.69) is 11.7 Å². The second-order valence-electron chi connectivity index (χ2n) is 6.80. The number of nitrogens with zero attached hydrogens (tertiary/aromatic N) is 3. The van der Waals surface area contributed by atoms with Crippen molar-refractivity contribution < 1.29 is 9.53 Å². The van der Waals surface area contributed by atoms with Crippen LogP contribution in [0.3, 0.4) is 0 Å². The summed E-state index contributed by atoms with van der Waals surface area (Å²) in [6.45, 7) is 6.26. The molecule has 152 valence electrons. The minimum atomic E-state index is -0.152. The van der Waals surface area contributed by atoms with Crippen LogP contribution in [-0.2, 0) is 6.54 Å². The fourth-order valence-electron chi connectivity index (χ4n) is 3.60. The van der Waals surface area contributed by atoms with E-state index in [1.807, 2.05) is 40.3 Å². The van der Waals surface area contributed by atoms with Crippen molar-refractivity contribution in [2.75, 3.05) is 7.11 Å². The van der Waals surface area contributed by atoms with Crippen LogP contribution in [0.2, 0.25) is 10.0 Å². The first kappa shape index (κ1) is 20.3. The summed E-state index contributed by atoms with van der Waals surface area (Å²) >= 11 is 12.3. The number of allylic oxidation sites excluding steroid dienone is 2. The molecule has 0 amide bonds. The Morgan fingerprint density at radius 1 is 1.23 bits per heavy atom. The average Bonchev–Trinajstić information content (AvgIpc) is 3.22. The number of methoxy groups -OCH3 is 1. The molecule has 7 heteroatoms. The maximum Gasteiger partial charge on any atom is 0.191 e. The molecule has 0 radical (unpaired) electrons. The molecule has 0 aliphatic rings. The Morgan fingerprint density at radius 2 is 1.97 bits per heavy atom. The third-order valence-corrected chi connectivity index (χ3v) is 5.70. The van der Waals surface area contributed by atoms with Crippen molar-refractivity contribution in [3.8, 4) is 5.75 Å². The summed E-state index contributed by atoms with van der Waals surface area (Å²) in [6, 6.07) is 11.3. The van der Waals surface area contributed by atoms with Crippen molar-refractivity contribution in [2.24, 2.45) is 0 Å². The zero-order valence-electron chi connectivity index (χ0n) is 16.5. The Bertz CT molecular complexity index is 1330. The molecule has 4 aromatic rings. The molecule has 4 rings (SSSR count). The van der Waals surface area contributed by atoms with Gasteiger partial charge in [-0.15, -0.1) is 6.58 Å². The molecular weight excluding hydrogens is 421 g/mol. The minimum Gasteiger partial charge on any atom is -0.495 e. The van der Waals surface area contributed by atoms with E-state index in [0.29, 0.717) is 39.2 Å². The molecule has 0 saturated carbocycles. The van der Waals surface area contributed by atoms with Crippen LogP contribution in [0.25, 0.3) is 22.8 Å². The molecule has 2 heterocycles. The summed E-state index contributed by atoms with van der Waals surface area (Å²) in [5.74, 6) is 0.298. The number of imidazole rings is 1. The smallest absolute Gasteiger partial charge is 0.191 e. The van der Waals surface area contributed by atoms with E-state index >= 15 is 0 Å². The number of para-hydroxylation sites is 2. The Kier molecular flexibility index (Phi) is 5.41. The lowest BCUT2D eigenvalue weighted by molar-refractivity contribution is 0.104. The molecule has 0 aliphatic heterocycles. The first-order valence-corrected chi connectivity index (χ1v) is 10.0. The summed E-state index contributed by atoms with van der Waals surface area (Å²) in [6.07, 6.45) is 5.01. The lowest BCUT2D eigenvalue weighted by Crippen LogP contribution is -2.02. The van der Waals surface area contributed by atoms with Crippen LogP contribution in [0.5, 0.6) is 5.75 Å². The summed E-state index contributed by atoms with van der Waals surface area (Å²) in [4.78, 5) is 13.2. The van der Waals surface area contributed by atoms with E-state index in [-0.39, 0.29) is 5.78 Å². The first-order valence-electron chi connectivity index (χ1n) is 9.29. The predicted molar refractivity (Wildman–Crippen MR) is 122 cm³/mol. The Balaban J connectivity index is 1.82. The summed E-state index contributed by atoms with van der Waals surface area (Å²) in [5.41, 5.74) is 4.60. The Labute approximate surface area is 183 Å². The third kappa shape index (κ3) is 3.30. The van der Waals surface area contributed by atoms with Crippen LogP contribution in [0, 0.1) is 6.92 Å². The molecule has 0 spiro atoms. The second kappa shape index (κ2) is 8.01. The van der Waals surface area contributed by atoms with Crippen molar-refractivity contribution in [3.05, 3.63) is 82.0 Å². The number of rotatable bonds is 6. The Hall–Kier alpha value is -3.02. The van der Waals surface area contributed by atoms with Crippen LogP contribution >= 0.6 is 23.2 Å². The van der Waals surface area contributed by atoms with Gasteiger partial charge in [0.25, 0.3) is 0 Å². The fourth-order valence-corrected chi connectivity index (χ4v) is 4.01. The molecule has 0 N–H and O–H groups in total. The highest BCUT2D eigenvalue weighted by Gasteiger charge is 2.21. The van der Waals surface area contributed by atoms with E-state index < -0.39 is 0 Å². The van der Waals surface area contributed by atoms with E-state index in [1.165, 1.54) is 13.2 Å². The molecule has 0 bridgehead atoms. The van der Waals surface area contributed by atoms with Gasteiger partial charge in [-0.2, -0.15) is 5.10 Å². The standard InChI is InChI=1S/C23H19Cl2N3O2/c1-4-11-27-17-7-5-6-8-18(17)28-23(27)21(14(2)26-28)19(29)10-9-15-12-16(24)22(25)20(13-15)30-3/h4-10,12-13H,1,11H2,2-3H3/b10-9+. The SMILES string of the molecule is C=CCn1c2ccccc2n2nc(C)c(C(=O)/C=C/c3cc(Cl)c(Cl)c(OC)c3)c12. The van der Waals surface area contributed by atoms with Gasteiger partial charge >= 0.3 is 0 Å². The highest BCUT2D eigenvalue weighted by molar-refractivity contribution is 6.43. The number of hydrogen-bond acceptors (Lipinski definition) is 3. The third-order valence-electron chi connectivity index (χ3n) is 4.91. The van der Waals surface area contributed by atoms with E-state index in [1.54, 1.807) is 24.3 Å². The van der Waals surface area contributed by atoms with Crippen LogP contribution in [-0.4, -0.2) is 27.1 Å². The van der Waals surface area contributed by atoms with Gasteiger partial charge in [-0.1, -0.05) is 47.5 Å². The lowest BCUT2D eigenvalue weighted by Gasteiger charge is -2.06. The molecule has 30 heavy (non-hydrogen) atoms. The molecular formula is C23H19Cl2N3O2. The molecule has 2 aromatic carbocycles. The summed E-state index contributed by atoms with van der Waals surface area (Å²) in [7, 11) is 1.52. The van der Waals surface area contributed by atoms with E-state index in [4.69, 9.17) is 27.9 Å². The van der Waals surface area contributed by atoms with Gasteiger partial charge < -0.3 is 9.30 Å². The molecule has 5 nitrogen and oxygen atoms in total. The molecule has 2 aromatic heterocycles. The van der Waals surface area contributed by atoms with Gasteiger partial charge in [0.1, 0.15) is 16.4 Å². The van der Waals surface area contributed by atoms with E-state index in [0.717, 1.165) is 16.7 Å². The van der Waals surface area contributed by atoms with Crippen LogP contribution in [0.15, 0.2) is 55.1 Å². The second-order valence-corrected chi connectivity index (χ2v) is 7.59. The summed E-state index contributed by atoms with van der Waals surface area (Å²) < 4.78 is 9.10. The van der Waals surface area contributed by atoms with Gasteiger partial charge in [-0.05, 0) is 42.8 Å². The number of halogens is 2. The number of fused-ring (bicyclic) bond motifs is 3. The lowest BCUT2D eigenvalue weighted by atomic mass is 10.1. The van der Waals surface area contributed by atoms with Gasteiger partial charge in [0.2, 0.25) is 0 Å². The number of carbonyl (C=O) groups is 1. The number of benzene rings is 2. The number of aryl methyl sites for hydroxylation is 1. The van der Waals surface area contributed by atoms with Gasteiger partial charge in [0, 0.05) is 6.54 Å². The van der Waals surface area contributed by atoms with Gasteiger partial charge in [0.05, 0.1) is 34.4 Å². The minimum absolute atomic E-state index is 0.152. The predicted octanol–water partition coefficient (Wildman–Crippen LogP) is 5.99. The largest absolute Gasteiger partial charge is 0.495 e. The number of ether oxygens (including phenoxy) is 1. The maximum absolute atomic E-state index is 13.2. The zero-order chi connectivity index (χ0) is 21.4. The molecule has 0 unspecified atom stereocenters. The molecule has 0 saturated heterocycles. The number of carbonyl (C=O) groups excluding carboxylic acids is 1. The van der Waals surface area contributed by atoms with Crippen molar-refractivity contribution in [1.82, 2.24) is 14.2 Å². The maximum atomic E-state index is 13.2. The van der Waals surface area contributed by atoms with Gasteiger partial charge in [-0.25, -0.2) is 4.52 Å². The highest BCUT2D eigenvalue weighted by Crippen LogP contribution is 2.34. The van der Waals surface area contributed by atoms with Crippen LogP contribution in [0.4, 0.5) is 0 Å². The highest BCUT2D eigenvalue weighted by atomic mass is 35.5.